The lowest BCUT2D eigenvalue weighted by molar-refractivity contribution is 0.395. The summed E-state index contributed by atoms with van der Waals surface area (Å²) in [7, 11) is 0. The molecule has 0 aliphatic rings. The van der Waals surface area contributed by atoms with E-state index in [9.17, 15) is 0 Å². The summed E-state index contributed by atoms with van der Waals surface area (Å²) in [6.45, 7) is 6.34. The second kappa shape index (κ2) is 4.09. The zero-order chi connectivity index (χ0) is 11.9. The second-order valence-corrected chi connectivity index (χ2v) is 7.18. The maximum Gasteiger partial charge on any atom is 0.195 e. The first-order chi connectivity index (χ1) is 7.39. The Kier molecular flexibility index (Phi) is 3.07. The summed E-state index contributed by atoms with van der Waals surface area (Å²) in [5.74, 6) is 0.888. The van der Waals surface area contributed by atoms with Gasteiger partial charge in [0.05, 0.1) is 3.79 Å². The number of rotatable bonds is 1. The van der Waals surface area contributed by atoms with Crippen molar-refractivity contribution in [3.05, 3.63) is 20.0 Å². The Labute approximate surface area is 112 Å². The molecule has 1 N–H and O–H groups in total. The molecule has 0 unspecified atom stereocenters. The predicted molar refractivity (Wildman–Crippen MR) is 73.4 cm³/mol. The highest BCUT2D eigenvalue weighted by molar-refractivity contribution is 9.11. The molecule has 0 amide bonds. The van der Waals surface area contributed by atoms with Crippen LogP contribution in [0.2, 0.25) is 0 Å². The molecule has 0 aromatic carbocycles. The van der Waals surface area contributed by atoms with Gasteiger partial charge in [-0.1, -0.05) is 0 Å². The molecule has 0 saturated carbocycles. The molecule has 86 valence electrons. The van der Waals surface area contributed by atoms with Gasteiger partial charge in [-0.2, -0.15) is 5.10 Å². The van der Waals surface area contributed by atoms with Crippen LogP contribution >= 0.6 is 39.5 Å². The Morgan fingerprint density at radius 2 is 2.19 bits per heavy atom. The van der Waals surface area contributed by atoms with Gasteiger partial charge in [0.1, 0.15) is 0 Å². The van der Waals surface area contributed by atoms with Gasteiger partial charge in [-0.25, -0.2) is 0 Å². The smallest absolute Gasteiger partial charge is 0.195 e. The van der Waals surface area contributed by atoms with E-state index in [0.717, 1.165) is 15.2 Å². The van der Waals surface area contributed by atoms with Crippen LogP contribution in [-0.4, -0.2) is 14.8 Å². The van der Waals surface area contributed by atoms with Crippen LogP contribution in [0.3, 0.4) is 0 Å². The van der Waals surface area contributed by atoms with Gasteiger partial charge in [0.15, 0.2) is 10.6 Å². The standard InChI is InChI=1S/C10H12BrN3S2/c1-10(2,3)14-8(12-13-9(14)15)6-4-7(11)16-5-6/h4-5H,1-3H3,(H,13,15). The topological polar surface area (TPSA) is 33.6 Å². The average molecular weight is 318 g/mol. The third kappa shape index (κ3) is 2.14. The first-order valence-corrected chi connectivity index (χ1v) is 6.90. The number of H-pyrrole nitrogens is 1. The fourth-order valence-electron chi connectivity index (χ4n) is 1.54. The highest BCUT2D eigenvalue weighted by Gasteiger charge is 2.20. The Morgan fingerprint density at radius 3 is 2.69 bits per heavy atom. The van der Waals surface area contributed by atoms with Crippen LogP contribution in [0.4, 0.5) is 0 Å². The van der Waals surface area contributed by atoms with Gasteiger partial charge in [0, 0.05) is 16.5 Å². The molecule has 0 bridgehead atoms. The van der Waals surface area contributed by atoms with Crippen molar-refractivity contribution in [2.24, 2.45) is 0 Å². The fourth-order valence-corrected chi connectivity index (χ4v) is 3.08. The van der Waals surface area contributed by atoms with Crippen LogP contribution < -0.4 is 0 Å². The molecule has 0 spiro atoms. The predicted octanol–water partition coefficient (Wildman–Crippen LogP) is 4.19. The number of aromatic nitrogens is 3. The van der Waals surface area contributed by atoms with Crippen LogP contribution in [0.5, 0.6) is 0 Å². The van der Waals surface area contributed by atoms with Gasteiger partial charge in [-0.05, 0) is 55.0 Å². The molecule has 6 heteroatoms. The number of hydrogen-bond acceptors (Lipinski definition) is 3. The number of thiophene rings is 1. The number of halogens is 1. The zero-order valence-corrected chi connectivity index (χ0v) is 12.5. The first kappa shape index (κ1) is 12.0. The molecule has 2 rings (SSSR count). The molecule has 2 aromatic rings. The molecule has 0 aliphatic heterocycles. The monoisotopic (exact) mass is 317 g/mol. The Balaban J connectivity index is 2.63. The van der Waals surface area contributed by atoms with Crippen molar-refractivity contribution in [1.82, 2.24) is 14.8 Å². The minimum Gasteiger partial charge on any atom is -0.295 e. The van der Waals surface area contributed by atoms with E-state index in [2.05, 4.69) is 58.3 Å². The summed E-state index contributed by atoms with van der Waals surface area (Å²) < 4.78 is 3.79. The second-order valence-electron chi connectivity index (χ2n) is 4.50. The van der Waals surface area contributed by atoms with Crippen LogP contribution in [0, 0.1) is 4.77 Å². The van der Waals surface area contributed by atoms with Crippen LogP contribution in [0.25, 0.3) is 11.4 Å². The average Bonchev–Trinajstić information content (AvgIpc) is 2.70. The van der Waals surface area contributed by atoms with Crippen molar-refractivity contribution in [2.45, 2.75) is 26.3 Å². The molecule has 0 saturated heterocycles. The van der Waals surface area contributed by atoms with E-state index < -0.39 is 0 Å². The summed E-state index contributed by atoms with van der Waals surface area (Å²) in [4.78, 5) is 0. The van der Waals surface area contributed by atoms with Crippen molar-refractivity contribution < 1.29 is 0 Å². The molecule has 0 atom stereocenters. The molecule has 0 radical (unpaired) electrons. The van der Waals surface area contributed by atoms with Gasteiger partial charge in [-0.3, -0.25) is 9.67 Å². The Bertz CT molecular complexity index is 559. The molecule has 3 nitrogen and oxygen atoms in total. The molecule has 2 heterocycles. The molecule has 16 heavy (non-hydrogen) atoms. The van der Waals surface area contributed by atoms with E-state index in [4.69, 9.17) is 12.2 Å². The summed E-state index contributed by atoms with van der Waals surface area (Å²) in [6.07, 6.45) is 0. The van der Waals surface area contributed by atoms with Gasteiger partial charge >= 0.3 is 0 Å². The van der Waals surface area contributed by atoms with Gasteiger partial charge in [-0.15, -0.1) is 11.3 Å². The van der Waals surface area contributed by atoms with E-state index in [1.54, 1.807) is 11.3 Å². The minimum absolute atomic E-state index is 0.0756. The van der Waals surface area contributed by atoms with Crippen molar-refractivity contribution in [3.8, 4) is 11.4 Å². The van der Waals surface area contributed by atoms with Crippen molar-refractivity contribution in [3.63, 3.8) is 0 Å². The third-order valence-corrected chi connectivity index (χ3v) is 3.95. The van der Waals surface area contributed by atoms with E-state index >= 15 is 0 Å². The van der Waals surface area contributed by atoms with Crippen molar-refractivity contribution >= 4 is 39.5 Å². The molecule has 0 fully saturated rings. The van der Waals surface area contributed by atoms with Crippen LogP contribution in [-0.2, 0) is 5.54 Å². The van der Waals surface area contributed by atoms with E-state index in [1.807, 2.05) is 4.57 Å². The molecule has 2 aromatic heterocycles. The van der Waals surface area contributed by atoms with E-state index in [1.165, 1.54) is 0 Å². The lowest BCUT2D eigenvalue weighted by Crippen LogP contribution is -2.22. The molecular formula is C10H12BrN3S2. The molecule has 0 aliphatic carbocycles. The normalized spacial score (nSPS) is 12.0. The zero-order valence-electron chi connectivity index (χ0n) is 9.24. The highest BCUT2D eigenvalue weighted by atomic mass is 79.9. The minimum atomic E-state index is -0.0756. The number of nitrogens with one attached hydrogen (secondary N) is 1. The van der Waals surface area contributed by atoms with E-state index in [-0.39, 0.29) is 5.54 Å². The van der Waals surface area contributed by atoms with Crippen LogP contribution in [0.15, 0.2) is 15.2 Å². The maximum absolute atomic E-state index is 5.26. The summed E-state index contributed by atoms with van der Waals surface area (Å²) in [6, 6.07) is 2.05. The lowest BCUT2D eigenvalue weighted by atomic mass is 10.1. The summed E-state index contributed by atoms with van der Waals surface area (Å²) in [5, 5.41) is 9.22. The first-order valence-electron chi connectivity index (χ1n) is 4.82. The van der Waals surface area contributed by atoms with E-state index in [0.29, 0.717) is 4.77 Å². The Hall–Kier alpha value is -0.460. The quantitative estimate of drug-likeness (QED) is 0.800. The van der Waals surface area contributed by atoms with Gasteiger partial charge in [0.25, 0.3) is 0 Å². The summed E-state index contributed by atoms with van der Waals surface area (Å²) in [5.41, 5.74) is 1.01. The third-order valence-electron chi connectivity index (χ3n) is 2.17. The fraction of sp³-hybridized carbons (Fsp3) is 0.400. The SMILES string of the molecule is CC(C)(C)n1c(-c2csc(Br)c2)n[nH]c1=S. The number of nitrogens with zero attached hydrogens (tertiary/aromatic N) is 2. The lowest BCUT2D eigenvalue weighted by Gasteiger charge is -2.22. The van der Waals surface area contributed by atoms with Crippen molar-refractivity contribution in [2.75, 3.05) is 0 Å². The number of aromatic amines is 1. The maximum atomic E-state index is 5.26. The van der Waals surface area contributed by atoms with Gasteiger partial charge < -0.3 is 0 Å². The molecular weight excluding hydrogens is 306 g/mol. The van der Waals surface area contributed by atoms with Crippen LogP contribution in [0.1, 0.15) is 20.8 Å². The highest BCUT2D eigenvalue weighted by Crippen LogP contribution is 2.30. The number of hydrogen-bond donors (Lipinski definition) is 1. The Morgan fingerprint density at radius 1 is 1.50 bits per heavy atom. The largest absolute Gasteiger partial charge is 0.295 e. The van der Waals surface area contributed by atoms with Crippen molar-refractivity contribution in [1.29, 1.82) is 0 Å². The van der Waals surface area contributed by atoms with Gasteiger partial charge in [0.2, 0.25) is 0 Å². The summed E-state index contributed by atoms with van der Waals surface area (Å²) >= 11 is 10.4.